The number of amides is 1. The van der Waals surface area contributed by atoms with Gasteiger partial charge in [-0.15, -0.1) is 0 Å². The van der Waals surface area contributed by atoms with Crippen LogP contribution in [0.5, 0.6) is 0 Å². The van der Waals surface area contributed by atoms with E-state index in [4.69, 9.17) is 5.73 Å². The zero-order valence-corrected chi connectivity index (χ0v) is 12.4. The summed E-state index contributed by atoms with van der Waals surface area (Å²) in [5.41, 5.74) is 6.88. The van der Waals surface area contributed by atoms with Gasteiger partial charge in [0.05, 0.1) is 0 Å². The van der Waals surface area contributed by atoms with Crippen molar-refractivity contribution in [3.8, 4) is 0 Å². The average molecular weight is 317 g/mol. The fraction of sp³-hybridized carbons (Fsp3) is 0.417. The molecule has 0 saturated carbocycles. The molecule has 17 heavy (non-hydrogen) atoms. The molecule has 0 aliphatic heterocycles. The van der Waals surface area contributed by atoms with Gasteiger partial charge in [0.1, 0.15) is 0 Å². The highest BCUT2D eigenvalue weighted by Crippen LogP contribution is 2.17. The fourth-order valence-electron chi connectivity index (χ4n) is 1.47. The molecule has 0 fully saturated rings. The molecule has 0 radical (unpaired) electrons. The molecule has 0 heterocycles. The van der Waals surface area contributed by atoms with Crippen LogP contribution >= 0.6 is 27.7 Å². The lowest BCUT2D eigenvalue weighted by molar-refractivity contribution is 0.0940. The predicted molar refractivity (Wildman–Crippen MR) is 78.5 cm³/mol. The Labute approximate surface area is 115 Å². The van der Waals surface area contributed by atoms with Crippen molar-refractivity contribution < 1.29 is 4.79 Å². The number of halogens is 1. The summed E-state index contributed by atoms with van der Waals surface area (Å²) in [6, 6.07) is 5.44. The average Bonchev–Trinajstić information content (AvgIpc) is 2.27. The number of nitrogens with one attached hydrogen (secondary N) is 1. The molecular weight excluding hydrogens is 300 g/mol. The highest BCUT2D eigenvalue weighted by molar-refractivity contribution is 9.10. The van der Waals surface area contributed by atoms with Crippen LogP contribution in [-0.2, 0) is 0 Å². The summed E-state index contributed by atoms with van der Waals surface area (Å²) in [5.74, 6) is 0.852. The van der Waals surface area contributed by atoms with Crippen molar-refractivity contribution in [3.63, 3.8) is 0 Å². The van der Waals surface area contributed by atoms with Crippen LogP contribution in [0.1, 0.15) is 23.7 Å². The number of carbonyl (C=O) groups excluding carboxylic acids is 1. The van der Waals surface area contributed by atoms with Gasteiger partial charge in [-0.25, -0.2) is 0 Å². The first-order chi connectivity index (χ1) is 8.06. The topological polar surface area (TPSA) is 55.1 Å². The van der Waals surface area contributed by atoms with Gasteiger partial charge < -0.3 is 11.1 Å². The van der Waals surface area contributed by atoms with Gasteiger partial charge in [-0.05, 0) is 30.9 Å². The van der Waals surface area contributed by atoms with Crippen molar-refractivity contribution in [2.75, 3.05) is 17.7 Å². The van der Waals surface area contributed by atoms with E-state index < -0.39 is 0 Å². The number of hydrogen-bond acceptors (Lipinski definition) is 3. The zero-order valence-electron chi connectivity index (χ0n) is 10.00. The summed E-state index contributed by atoms with van der Waals surface area (Å²) in [6.07, 6.45) is 2.96. The molecule has 5 heteroatoms. The lowest BCUT2D eigenvalue weighted by Crippen LogP contribution is -2.36. The van der Waals surface area contributed by atoms with Gasteiger partial charge in [0.25, 0.3) is 5.91 Å². The van der Waals surface area contributed by atoms with E-state index >= 15 is 0 Å². The molecule has 0 spiro atoms. The quantitative estimate of drug-likeness (QED) is 0.821. The van der Waals surface area contributed by atoms with Crippen LogP contribution in [0, 0.1) is 0 Å². The van der Waals surface area contributed by atoms with Gasteiger partial charge in [-0.3, -0.25) is 4.79 Å². The molecule has 0 aliphatic rings. The van der Waals surface area contributed by atoms with E-state index in [0.717, 1.165) is 16.6 Å². The molecule has 1 unspecified atom stereocenters. The van der Waals surface area contributed by atoms with E-state index in [1.165, 1.54) is 0 Å². The van der Waals surface area contributed by atoms with E-state index in [-0.39, 0.29) is 11.9 Å². The summed E-state index contributed by atoms with van der Waals surface area (Å²) >= 11 is 5.06. The molecule has 0 aliphatic carbocycles. The molecule has 1 atom stereocenters. The molecule has 1 aromatic rings. The maximum Gasteiger partial charge on any atom is 0.251 e. The van der Waals surface area contributed by atoms with Crippen LogP contribution in [0.2, 0.25) is 0 Å². The van der Waals surface area contributed by atoms with Gasteiger partial charge in [0, 0.05) is 27.5 Å². The second-order valence-electron chi connectivity index (χ2n) is 3.81. The van der Waals surface area contributed by atoms with Crippen molar-refractivity contribution in [2.24, 2.45) is 0 Å². The summed E-state index contributed by atoms with van der Waals surface area (Å²) in [5, 5.41) is 3.00. The van der Waals surface area contributed by atoms with Crippen LogP contribution in [0.25, 0.3) is 0 Å². The second kappa shape index (κ2) is 6.91. The number of rotatable bonds is 5. The van der Waals surface area contributed by atoms with Gasteiger partial charge in [0.2, 0.25) is 0 Å². The van der Waals surface area contributed by atoms with Gasteiger partial charge in [0.15, 0.2) is 0 Å². The van der Waals surface area contributed by atoms with Crippen molar-refractivity contribution in [3.05, 3.63) is 28.2 Å². The molecule has 3 N–H and O–H groups in total. The number of anilines is 1. The third-order valence-electron chi connectivity index (χ3n) is 2.38. The molecule has 1 rings (SSSR count). The normalized spacial score (nSPS) is 12.2. The Balaban J connectivity index is 2.75. The van der Waals surface area contributed by atoms with Crippen LogP contribution in [0.3, 0.4) is 0 Å². The van der Waals surface area contributed by atoms with Gasteiger partial charge in [-0.2, -0.15) is 11.8 Å². The van der Waals surface area contributed by atoms with Crippen molar-refractivity contribution in [1.29, 1.82) is 0 Å². The minimum atomic E-state index is -0.0705. The third-order valence-corrected chi connectivity index (χ3v) is 3.57. The second-order valence-corrected chi connectivity index (χ2v) is 5.63. The largest absolute Gasteiger partial charge is 0.399 e. The molecule has 0 saturated heterocycles. The summed E-state index contributed by atoms with van der Waals surface area (Å²) in [6.45, 7) is 2.07. The fourth-order valence-corrected chi connectivity index (χ4v) is 2.71. The van der Waals surface area contributed by atoms with E-state index in [9.17, 15) is 4.79 Å². The van der Waals surface area contributed by atoms with Crippen LogP contribution in [0.4, 0.5) is 5.69 Å². The Bertz CT molecular complexity index is 378. The zero-order chi connectivity index (χ0) is 12.8. The summed E-state index contributed by atoms with van der Waals surface area (Å²) < 4.78 is 0.820. The summed E-state index contributed by atoms with van der Waals surface area (Å²) in [4.78, 5) is 12.0. The lowest BCUT2D eigenvalue weighted by Gasteiger charge is -2.16. The van der Waals surface area contributed by atoms with Crippen LogP contribution in [-0.4, -0.2) is 24.0 Å². The maximum absolute atomic E-state index is 12.0. The summed E-state index contributed by atoms with van der Waals surface area (Å²) in [7, 11) is 0. The highest BCUT2D eigenvalue weighted by Gasteiger charge is 2.12. The Kier molecular flexibility index (Phi) is 5.85. The number of nitrogen functional groups attached to an aromatic ring is 1. The van der Waals surface area contributed by atoms with Crippen molar-refractivity contribution in [2.45, 2.75) is 19.4 Å². The molecule has 94 valence electrons. The smallest absolute Gasteiger partial charge is 0.251 e. The van der Waals surface area contributed by atoms with Gasteiger partial charge in [-0.1, -0.05) is 22.9 Å². The lowest BCUT2D eigenvalue weighted by atomic mass is 10.1. The number of nitrogens with two attached hydrogens (primary N) is 1. The number of benzene rings is 1. The molecule has 1 aromatic carbocycles. The number of hydrogen-bond donors (Lipinski definition) is 2. The minimum absolute atomic E-state index is 0.0705. The standard InChI is InChI=1S/C12H17BrN2OS/c1-3-11(7-17-2)15-12(16)8-4-9(13)6-10(14)5-8/h4-6,11H,3,7,14H2,1-2H3,(H,15,16). The molecule has 3 nitrogen and oxygen atoms in total. The van der Waals surface area contributed by atoms with E-state index in [0.29, 0.717) is 11.3 Å². The first kappa shape index (κ1) is 14.4. The Morgan fingerprint density at radius 1 is 1.53 bits per heavy atom. The van der Waals surface area contributed by atoms with Crippen molar-refractivity contribution >= 4 is 39.3 Å². The Morgan fingerprint density at radius 3 is 2.76 bits per heavy atom. The monoisotopic (exact) mass is 316 g/mol. The molecule has 0 aromatic heterocycles. The van der Waals surface area contributed by atoms with E-state index in [1.807, 2.05) is 6.26 Å². The SMILES string of the molecule is CCC(CSC)NC(=O)c1cc(N)cc(Br)c1. The third kappa shape index (κ3) is 4.60. The number of thioether (sulfide) groups is 1. The van der Waals surface area contributed by atoms with E-state index in [1.54, 1.807) is 30.0 Å². The molecular formula is C12H17BrN2OS. The first-order valence-corrected chi connectivity index (χ1v) is 7.61. The minimum Gasteiger partial charge on any atom is -0.399 e. The molecule has 1 amide bonds. The predicted octanol–water partition coefficient (Wildman–Crippen LogP) is 2.90. The number of carbonyl (C=O) groups is 1. The Morgan fingerprint density at radius 2 is 2.24 bits per heavy atom. The van der Waals surface area contributed by atoms with Crippen LogP contribution in [0.15, 0.2) is 22.7 Å². The Hall–Kier alpha value is -0.680. The molecule has 0 bridgehead atoms. The van der Waals surface area contributed by atoms with E-state index in [2.05, 4.69) is 28.2 Å². The van der Waals surface area contributed by atoms with Crippen LogP contribution < -0.4 is 11.1 Å². The van der Waals surface area contributed by atoms with Crippen molar-refractivity contribution in [1.82, 2.24) is 5.32 Å². The first-order valence-electron chi connectivity index (χ1n) is 5.42. The van der Waals surface area contributed by atoms with Gasteiger partial charge >= 0.3 is 0 Å². The highest BCUT2D eigenvalue weighted by atomic mass is 79.9. The maximum atomic E-state index is 12.0.